The number of anilines is 1. The molecule has 0 radical (unpaired) electrons. The van der Waals surface area contributed by atoms with E-state index in [-0.39, 0.29) is 11.4 Å². The van der Waals surface area contributed by atoms with Gasteiger partial charge < -0.3 is 9.64 Å². The number of methoxy groups -OCH3 is 1. The Morgan fingerprint density at radius 2 is 2.08 bits per heavy atom. The van der Waals surface area contributed by atoms with Gasteiger partial charge in [-0.3, -0.25) is 15.0 Å². The normalized spacial score (nSPS) is 15.4. The largest absolute Gasteiger partial charge is 0.494 e. The number of ether oxygens (including phenoxy) is 1. The van der Waals surface area contributed by atoms with E-state index in [0.717, 1.165) is 36.4 Å². The van der Waals surface area contributed by atoms with E-state index in [0.29, 0.717) is 18.8 Å². The molecular formula is C16H19FN4O3S. The lowest BCUT2D eigenvalue weighted by molar-refractivity contribution is -0.384. The fourth-order valence-corrected chi connectivity index (χ4v) is 3.55. The van der Waals surface area contributed by atoms with Gasteiger partial charge in [0.05, 0.1) is 28.8 Å². The van der Waals surface area contributed by atoms with Gasteiger partial charge in [0.25, 0.3) is 5.69 Å². The van der Waals surface area contributed by atoms with Crippen LogP contribution in [0, 0.1) is 22.9 Å². The molecule has 9 heteroatoms. The van der Waals surface area contributed by atoms with Gasteiger partial charge in [-0.05, 0) is 6.92 Å². The lowest BCUT2D eigenvalue weighted by atomic mass is 10.2. The number of rotatable bonds is 5. The molecule has 7 nitrogen and oxygen atoms in total. The minimum Gasteiger partial charge on any atom is -0.494 e. The molecule has 0 spiro atoms. The Labute approximate surface area is 148 Å². The molecule has 25 heavy (non-hydrogen) atoms. The molecule has 0 N–H and O–H groups in total. The Morgan fingerprint density at radius 3 is 2.64 bits per heavy atom. The number of piperazine rings is 1. The summed E-state index contributed by atoms with van der Waals surface area (Å²) in [5.74, 6) is -0.712. The summed E-state index contributed by atoms with van der Waals surface area (Å²) >= 11 is 1.63. The van der Waals surface area contributed by atoms with Crippen molar-refractivity contribution in [3.8, 4) is 5.75 Å². The Balaban J connectivity index is 1.72. The summed E-state index contributed by atoms with van der Waals surface area (Å²) in [6, 6.07) is 2.34. The molecule has 0 atom stereocenters. The van der Waals surface area contributed by atoms with Gasteiger partial charge in [-0.15, -0.1) is 11.3 Å². The monoisotopic (exact) mass is 366 g/mol. The Hall–Kier alpha value is -2.26. The highest BCUT2D eigenvalue weighted by molar-refractivity contribution is 7.09. The predicted octanol–water partition coefficient (Wildman–Crippen LogP) is 2.83. The first-order valence-corrected chi connectivity index (χ1v) is 8.76. The van der Waals surface area contributed by atoms with Crippen LogP contribution in [0.5, 0.6) is 5.75 Å². The maximum Gasteiger partial charge on any atom is 0.295 e. The van der Waals surface area contributed by atoms with Gasteiger partial charge in [-0.25, -0.2) is 9.37 Å². The minimum atomic E-state index is -0.726. The fraction of sp³-hybridized carbons (Fsp3) is 0.438. The fourth-order valence-electron chi connectivity index (χ4n) is 2.94. The number of aromatic nitrogens is 1. The lowest BCUT2D eigenvalue weighted by Gasteiger charge is -2.35. The van der Waals surface area contributed by atoms with Crippen molar-refractivity contribution in [3.05, 3.63) is 44.1 Å². The molecule has 1 saturated heterocycles. The highest BCUT2D eigenvalue weighted by atomic mass is 32.1. The molecule has 1 aliphatic heterocycles. The van der Waals surface area contributed by atoms with Crippen molar-refractivity contribution in [2.24, 2.45) is 0 Å². The standard InChI is InChI=1S/C16H19FN4O3S/c1-11-18-12(10-25-11)9-19-3-5-20(6-4-19)14-8-16(24-2)13(17)7-15(14)21(22)23/h7-8,10H,3-6,9H2,1-2H3. The molecule has 134 valence electrons. The molecule has 0 unspecified atom stereocenters. The van der Waals surface area contributed by atoms with Crippen LogP contribution in [0.1, 0.15) is 10.7 Å². The maximum atomic E-state index is 13.8. The highest BCUT2D eigenvalue weighted by Crippen LogP contribution is 2.35. The number of hydrogen-bond donors (Lipinski definition) is 0. The third-order valence-corrected chi connectivity index (χ3v) is 5.03. The summed E-state index contributed by atoms with van der Waals surface area (Å²) in [6.07, 6.45) is 0. The van der Waals surface area contributed by atoms with Crippen LogP contribution in [0.25, 0.3) is 0 Å². The Kier molecular flexibility index (Phi) is 5.14. The second-order valence-corrected chi connectivity index (χ2v) is 6.92. The first-order valence-electron chi connectivity index (χ1n) is 7.88. The highest BCUT2D eigenvalue weighted by Gasteiger charge is 2.26. The molecule has 0 bridgehead atoms. The van der Waals surface area contributed by atoms with E-state index in [4.69, 9.17) is 4.74 Å². The van der Waals surface area contributed by atoms with Crippen molar-refractivity contribution in [2.45, 2.75) is 13.5 Å². The molecule has 2 heterocycles. The van der Waals surface area contributed by atoms with E-state index in [9.17, 15) is 14.5 Å². The first kappa shape index (κ1) is 17.6. The molecule has 1 aromatic carbocycles. The summed E-state index contributed by atoms with van der Waals surface area (Å²) < 4.78 is 18.8. The minimum absolute atomic E-state index is 0.0148. The van der Waals surface area contributed by atoms with Crippen molar-refractivity contribution in [3.63, 3.8) is 0 Å². The maximum absolute atomic E-state index is 13.8. The summed E-state index contributed by atoms with van der Waals surface area (Å²) in [4.78, 5) is 19.4. The average Bonchev–Trinajstić information content (AvgIpc) is 3.00. The molecule has 0 amide bonds. The van der Waals surface area contributed by atoms with Crippen molar-refractivity contribution >= 4 is 22.7 Å². The first-order chi connectivity index (χ1) is 12.0. The van der Waals surface area contributed by atoms with Crippen molar-refractivity contribution < 1.29 is 14.1 Å². The summed E-state index contributed by atoms with van der Waals surface area (Å²) in [5.41, 5.74) is 1.21. The molecule has 1 aromatic heterocycles. The van der Waals surface area contributed by atoms with E-state index < -0.39 is 10.7 Å². The van der Waals surface area contributed by atoms with Crippen molar-refractivity contribution in [1.29, 1.82) is 0 Å². The van der Waals surface area contributed by atoms with Crippen LogP contribution < -0.4 is 9.64 Å². The molecule has 2 aromatic rings. The van der Waals surface area contributed by atoms with E-state index in [1.54, 1.807) is 11.3 Å². The third kappa shape index (κ3) is 3.88. The summed E-state index contributed by atoms with van der Waals surface area (Å²) in [5, 5.41) is 14.4. The molecule has 0 saturated carbocycles. The van der Waals surface area contributed by atoms with E-state index >= 15 is 0 Å². The summed E-state index contributed by atoms with van der Waals surface area (Å²) in [6.45, 7) is 5.51. The smallest absolute Gasteiger partial charge is 0.295 e. The average molecular weight is 366 g/mol. The van der Waals surface area contributed by atoms with E-state index in [2.05, 4.69) is 15.3 Å². The number of nitrogens with zero attached hydrogens (tertiary/aromatic N) is 4. The third-order valence-electron chi connectivity index (χ3n) is 4.21. The Morgan fingerprint density at radius 1 is 1.36 bits per heavy atom. The van der Waals surface area contributed by atoms with Crippen LogP contribution in [-0.2, 0) is 6.54 Å². The van der Waals surface area contributed by atoms with Crippen LogP contribution in [0.15, 0.2) is 17.5 Å². The van der Waals surface area contributed by atoms with Gasteiger partial charge in [-0.1, -0.05) is 0 Å². The SMILES string of the molecule is COc1cc(N2CCN(Cc3csc(C)n3)CC2)c([N+](=O)[O-])cc1F. The zero-order valence-corrected chi connectivity index (χ0v) is 14.9. The second-order valence-electron chi connectivity index (χ2n) is 5.85. The second kappa shape index (κ2) is 7.32. The van der Waals surface area contributed by atoms with Crippen LogP contribution in [0.2, 0.25) is 0 Å². The zero-order chi connectivity index (χ0) is 18.0. The number of nitro groups is 1. The van der Waals surface area contributed by atoms with Gasteiger partial charge in [0.2, 0.25) is 0 Å². The number of hydrogen-bond acceptors (Lipinski definition) is 7. The van der Waals surface area contributed by atoms with Gasteiger partial charge in [0, 0.05) is 44.2 Å². The van der Waals surface area contributed by atoms with Gasteiger partial charge in [-0.2, -0.15) is 0 Å². The van der Waals surface area contributed by atoms with Gasteiger partial charge in [0.1, 0.15) is 5.69 Å². The van der Waals surface area contributed by atoms with E-state index in [1.807, 2.05) is 11.8 Å². The topological polar surface area (TPSA) is 71.7 Å². The lowest BCUT2D eigenvalue weighted by Crippen LogP contribution is -2.46. The molecule has 1 fully saturated rings. The molecule has 3 rings (SSSR count). The quantitative estimate of drug-likeness (QED) is 0.599. The van der Waals surface area contributed by atoms with Crippen LogP contribution in [0.4, 0.5) is 15.8 Å². The number of thiazole rings is 1. The number of benzene rings is 1. The van der Waals surface area contributed by atoms with Crippen LogP contribution in [-0.4, -0.2) is 48.1 Å². The van der Waals surface area contributed by atoms with Gasteiger partial charge >= 0.3 is 0 Å². The van der Waals surface area contributed by atoms with Crippen molar-refractivity contribution in [1.82, 2.24) is 9.88 Å². The molecular weight excluding hydrogens is 347 g/mol. The number of halogens is 1. The number of aryl methyl sites for hydroxylation is 1. The van der Waals surface area contributed by atoms with Crippen molar-refractivity contribution in [2.75, 3.05) is 38.2 Å². The van der Waals surface area contributed by atoms with Crippen LogP contribution >= 0.6 is 11.3 Å². The van der Waals surface area contributed by atoms with Gasteiger partial charge in [0.15, 0.2) is 11.6 Å². The number of nitro benzene ring substituents is 1. The van der Waals surface area contributed by atoms with Crippen LogP contribution in [0.3, 0.4) is 0 Å². The summed E-state index contributed by atoms with van der Waals surface area (Å²) in [7, 11) is 1.35. The Bertz CT molecular complexity index is 775. The molecule has 1 aliphatic rings. The van der Waals surface area contributed by atoms with E-state index in [1.165, 1.54) is 13.2 Å². The predicted molar refractivity (Wildman–Crippen MR) is 93.9 cm³/mol. The molecule has 0 aliphatic carbocycles. The zero-order valence-electron chi connectivity index (χ0n) is 14.1.